The van der Waals surface area contributed by atoms with Crippen LogP contribution in [0.25, 0.3) is 0 Å². The fraction of sp³-hybridized carbons (Fsp3) is 0.821. The number of rotatable bonds is 33. The van der Waals surface area contributed by atoms with Gasteiger partial charge in [0.2, 0.25) is 23.6 Å². The number of amides is 5. The van der Waals surface area contributed by atoms with Gasteiger partial charge in [0.1, 0.15) is 6.61 Å². The van der Waals surface area contributed by atoms with Gasteiger partial charge in [0.15, 0.2) is 11.9 Å². The van der Waals surface area contributed by atoms with Crippen LogP contribution in [0, 0.1) is 0 Å². The monoisotopic (exact) mass is 898 g/mol. The highest BCUT2D eigenvalue weighted by molar-refractivity contribution is 8.00. The SMILES string of the molecule is NC(=O)OCCOCCOCCN(CC(=O)NCCCCNC(=O)CCCC[C@@H]1SC[C@@H]2NC(N)=N[C@@H]21)CC(=O)NCCCCNC(=O)CCCC[C@@H]1SC[C@@H]2N=C(N)N[C@@H]21. The molecule has 4 aliphatic heterocycles. The van der Waals surface area contributed by atoms with Crippen molar-refractivity contribution in [1.29, 1.82) is 0 Å². The smallest absolute Gasteiger partial charge is 0.404 e. The number of primary amides is 1. The van der Waals surface area contributed by atoms with E-state index in [9.17, 15) is 24.0 Å². The van der Waals surface area contributed by atoms with E-state index in [1.54, 1.807) is 4.90 Å². The zero-order chi connectivity index (χ0) is 43.7. The van der Waals surface area contributed by atoms with Crippen LogP contribution < -0.4 is 49.1 Å². The Kier molecular flexibility index (Phi) is 23.6. The molecule has 61 heavy (non-hydrogen) atoms. The number of hydrogen-bond donors (Lipinski definition) is 9. The summed E-state index contributed by atoms with van der Waals surface area (Å²) in [5, 5.41) is 19.2. The number of fused-ring (bicyclic) bond motifs is 2. The lowest BCUT2D eigenvalue weighted by Gasteiger charge is -2.21. The normalized spacial score (nSPS) is 22.4. The van der Waals surface area contributed by atoms with Crippen molar-refractivity contribution < 1.29 is 38.2 Å². The Morgan fingerprint density at radius 1 is 0.639 bits per heavy atom. The van der Waals surface area contributed by atoms with Crippen molar-refractivity contribution in [3.05, 3.63) is 0 Å². The number of nitrogens with two attached hydrogens (primary N) is 3. The van der Waals surface area contributed by atoms with Gasteiger partial charge in [-0.15, -0.1) is 0 Å². The van der Waals surface area contributed by atoms with Crippen molar-refractivity contribution in [2.24, 2.45) is 27.2 Å². The molecule has 4 rings (SSSR count). The second kappa shape index (κ2) is 28.8. The molecule has 4 heterocycles. The number of thioether (sulfide) groups is 2. The number of carbonyl (C=O) groups excluding carboxylic acids is 5. The van der Waals surface area contributed by atoms with E-state index in [0.717, 1.165) is 62.9 Å². The minimum absolute atomic E-state index is 0.0120. The van der Waals surface area contributed by atoms with E-state index < -0.39 is 6.09 Å². The van der Waals surface area contributed by atoms with E-state index >= 15 is 0 Å². The molecule has 0 aliphatic carbocycles. The van der Waals surface area contributed by atoms with Gasteiger partial charge in [-0.2, -0.15) is 23.5 Å². The molecule has 20 nitrogen and oxygen atoms in total. The van der Waals surface area contributed by atoms with Crippen LogP contribution in [0.2, 0.25) is 0 Å². The Bertz CT molecular complexity index is 1450. The molecule has 0 saturated carbocycles. The molecule has 6 atom stereocenters. The summed E-state index contributed by atoms with van der Waals surface area (Å²) in [6.07, 6.45) is 8.65. The van der Waals surface area contributed by atoms with Crippen LogP contribution in [0.3, 0.4) is 0 Å². The fourth-order valence-corrected chi connectivity index (χ4v) is 10.6. The molecule has 0 unspecified atom stereocenters. The Labute approximate surface area is 368 Å². The Hall–Kier alpha value is -3.73. The summed E-state index contributed by atoms with van der Waals surface area (Å²) in [7, 11) is 0. The number of hydrogen-bond acceptors (Lipinski definition) is 17. The molecular formula is C39H70N12O8S2. The van der Waals surface area contributed by atoms with E-state index in [1.807, 2.05) is 23.5 Å². The summed E-state index contributed by atoms with van der Waals surface area (Å²) in [6.45, 7) is 3.42. The third-order valence-electron chi connectivity index (χ3n) is 10.7. The second-order valence-corrected chi connectivity index (χ2v) is 18.2. The first-order valence-corrected chi connectivity index (χ1v) is 24.0. The number of nitrogens with one attached hydrogen (secondary N) is 6. The first-order chi connectivity index (χ1) is 29.6. The average molecular weight is 899 g/mol. The van der Waals surface area contributed by atoms with Gasteiger partial charge < -0.3 is 63.3 Å². The van der Waals surface area contributed by atoms with E-state index in [1.165, 1.54) is 0 Å². The molecule has 0 spiro atoms. The van der Waals surface area contributed by atoms with Crippen molar-refractivity contribution in [3.8, 4) is 0 Å². The number of nitrogens with zero attached hydrogens (tertiary/aromatic N) is 3. The summed E-state index contributed by atoms with van der Waals surface area (Å²) < 4.78 is 15.6. The maximum Gasteiger partial charge on any atom is 0.404 e. The van der Waals surface area contributed by atoms with Crippen LogP contribution in [-0.2, 0) is 33.4 Å². The zero-order valence-corrected chi connectivity index (χ0v) is 37.1. The molecule has 4 aliphatic rings. The molecule has 0 aromatic carbocycles. The van der Waals surface area contributed by atoms with Gasteiger partial charge in [0.25, 0.3) is 0 Å². The molecule has 0 aromatic rings. The van der Waals surface area contributed by atoms with Crippen LogP contribution in [-0.4, -0.2) is 172 Å². The second-order valence-electron chi connectivity index (χ2n) is 15.7. The minimum Gasteiger partial charge on any atom is -0.447 e. The van der Waals surface area contributed by atoms with Crippen LogP contribution >= 0.6 is 23.5 Å². The number of carbonyl (C=O) groups is 5. The zero-order valence-electron chi connectivity index (χ0n) is 35.5. The molecule has 5 amide bonds. The van der Waals surface area contributed by atoms with Gasteiger partial charge in [-0.25, -0.2) is 14.8 Å². The molecule has 0 aromatic heterocycles. The maximum atomic E-state index is 12.8. The van der Waals surface area contributed by atoms with Crippen LogP contribution in [0.15, 0.2) is 9.98 Å². The molecule has 0 bridgehead atoms. The summed E-state index contributed by atoms with van der Waals surface area (Å²) in [5.41, 5.74) is 16.6. The molecule has 12 N–H and O–H groups in total. The van der Waals surface area contributed by atoms with E-state index in [2.05, 4.69) is 46.6 Å². The highest BCUT2D eigenvalue weighted by atomic mass is 32.2. The lowest BCUT2D eigenvalue weighted by Crippen LogP contribution is -2.44. The standard InChI is InChI=1S/C39H70N12O8S2/c40-37-47-27-25-60-29(35(27)49-37)9-1-3-11-31(52)43-13-5-7-15-45-33(54)23-51(17-18-57-19-20-58-21-22-59-39(42)56)24-34(55)46-16-8-6-14-44-32(53)12-4-2-10-30-36-28(26-61-30)48-38(41)50-36/h27-30,35-36H,1-26H2,(H2,42,56)(H,43,52)(H,44,53)(H,45,54)(H,46,55)(H3,40,47,49)(H3,41,48,50)/t27-,28-,29-,30-,35-,36-/m0/s1. The Morgan fingerprint density at radius 2 is 1.16 bits per heavy atom. The number of ether oxygens (including phenoxy) is 3. The summed E-state index contributed by atoms with van der Waals surface area (Å²) in [6, 6.07) is 1.17. The predicted molar refractivity (Wildman–Crippen MR) is 238 cm³/mol. The number of aliphatic imine (C=N–C) groups is 2. The van der Waals surface area contributed by atoms with E-state index in [4.69, 9.17) is 26.7 Å². The van der Waals surface area contributed by atoms with Gasteiger partial charge in [-0.05, 0) is 51.4 Å². The van der Waals surface area contributed by atoms with Crippen molar-refractivity contribution >= 4 is 65.2 Å². The number of unbranched alkanes of at least 4 members (excludes halogenated alkanes) is 4. The largest absolute Gasteiger partial charge is 0.447 e. The lowest BCUT2D eigenvalue weighted by atomic mass is 10.0. The molecular weight excluding hydrogens is 829 g/mol. The van der Waals surface area contributed by atoms with Crippen molar-refractivity contribution in [2.45, 2.75) is 112 Å². The molecule has 2 fully saturated rings. The van der Waals surface area contributed by atoms with Gasteiger partial charge in [-0.3, -0.25) is 24.1 Å². The van der Waals surface area contributed by atoms with Crippen LogP contribution in [0.1, 0.15) is 77.0 Å². The first-order valence-electron chi connectivity index (χ1n) is 21.9. The highest BCUT2D eigenvalue weighted by Crippen LogP contribution is 2.36. The van der Waals surface area contributed by atoms with E-state index in [0.29, 0.717) is 92.9 Å². The highest BCUT2D eigenvalue weighted by Gasteiger charge is 2.41. The van der Waals surface area contributed by atoms with Crippen molar-refractivity contribution in [2.75, 3.05) is 90.4 Å². The number of guanidine groups is 2. The Balaban J connectivity index is 1.01. The fourth-order valence-electron chi connectivity index (χ4n) is 7.56. The average Bonchev–Trinajstić information content (AvgIpc) is 3.98. The third kappa shape index (κ3) is 20.3. The van der Waals surface area contributed by atoms with Crippen LogP contribution in [0.5, 0.6) is 0 Å². The minimum atomic E-state index is -0.863. The van der Waals surface area contributed by atoms with Crippen LogP contribution in [0.4, 0.5) is 4.79 Å². The summed E-state index contributed by atoms with van der Waals surface area (Å²) >= 11 is 3.86. The maximum absolute atomic E-state index is 12.8. The molecule has 346 valence electrons. The predicted octanol–water partition coefficient (Wildman–Crippen LogP) is -0.896. The van der Waals surface area contributed by atoms with Gasteiger partial charge in [-0.1, -0.05) is 12.8 Å². The van der Waals surface area contributed by atoms with Gasteiger partial charge in [0, 0.05) is 67.6 Å². The quantitative estimate of drug-likeness (QED) is 0.0361. The molecule has 0 radical (unpaired) electrons. The van der Waals surface area contributed by atoms with Gasteiger partial charge >= 0.3 is 6.09 Å². The van der Waals surface area contributed by atoms with Crippen molar-refractivity contribution in [1.82, 2.24) is 36.8 Å². The summed E-state index contributed by atoms with van der Waals surface area (Å²) in [4.78, 5) is 71.7. The lowest BCUT2D eigenvalue weighted by molar-refractivity contribution is -0.126. The summed E-state index contributed by atoms with van der Waals surface area (Å²) in [5.74, 6) is 2.74. The third-order valence-corrected chi connectivity index (χ3v) is 13.7. The molecule has 22 heteroatoms. The molecule has 2 saturated heterocycles. The van der Waals surface area contributed by atoms with E-state index in [-0.39, 0.29) is 81.8 Å². The topological polar surface area (TPSA) is 291 Å². The van der Waals surface area contributed by atoms with Crippen molar-refractivity contribution in [3.63, 3.8) is 0 Å². The first kappa shape index (κ1) is 49.9. The van der Waals surface area contributed by atoms with Gasteiger partial charge in [0.05, 0.1) is 63.7 Å². The Morgan fingerprint density at radius 3 is 1.77 bits per heavy atom.